The minimum atomic E-state index is 0.430. The summed E-state index contributed by atoms with van der Waals surface area (Å²) in [6.45, 7) is 1.93. The number of nitrogens with zero attached hydrogens (tertiary/aromatic N) is 5. The summed E-state index contributed by atoms with van der Waals surface area (Å²) in [4.78, 5) is 19.5. The molecule has 4 heterocycles. The van der Waals surface area contributed by atoms with Gasteiger partial charge < -0.3 is 15.2 Å². The van der Waals surface area contributed by atoms with Crippen molar-refractivity contribution in [2.24, 2.45) is 0 Å². The van der Waals surface area contributed by atoms with Crippen molar-refractivity contribution >= 4 is 39.4 Å². The third-order valence-corrected chi connectivity index (χ3v) is 6.29. The number of halogens is 1. The lowest BCUT2D eigenvalue weighted by molar-refractivity contribution is 0.669. The average molecular weight is 475 g/mol. The fourth-order valence-corrected chi connectivity index (χ4v) is 4.31. The molecule has 0 spiro atoms. The number of hydrogen-bond acceptors (Lipinski definition) is 6. The first-order chi connectivity index (χ1) is 16.7. The van der Waals surface area contributed by atoms with Crippen LogP contribution in [0.4, 0.5) is 5.82 Å². The molecule has 0 saturated heterocycles. The van der Waals surface area contributed by atoms with Gasteiger partial charge in [0, 0.05) is 49.0 Å². The fraction of sp³-hybridized carbons (Fsp3) is 0.280. The second-order valence-corrected chi connectivity index (χ2v) is 8.66. The Balaban J connectivity index is 1.51. The highest BCUT2D eigenvalue weighted by Gasteiger charge is 2.17. The lowest BCUT2D eigenvalue weighted by Crippen LogP contribution is -2.21. The lowest BCUT2D eigenvalue weighted by atomic mass is 10.0. The molecule has 5 rings (SSSR count). The van der Waals surface area contributed by atoms with Crippen LogP contribution in [0.5, 0.6) is 0 Å². The molecule has 3 N–H and O–H groups in total. The van der Waals surface area contributed by atoms with Crippen molar-refractivity contribution in [3.63, 3.8) is 0 Å². The highest BCUT2D eigenvalue weighted by molar-refractivity contribution is 6.17. The first kappa shape index (κ1) is 22.3. The Morgan fingerprint density at radius 1 is 1.06 bits per heavy atom. The second kappa shape index (κ2) is 9.79. The molecule has 0 unspecified atom stereocenters. The SMILES string of the molecule is CNCCCCN(C)c1nccc2[nH]c(-c3n[nH]c4ccc(-c5cncc(CCl)c5)cc34)nc12. The Labute approximate surface area is 202 Å². The normalized spacial score (nSPS) is 11.5. The quantitative estimate of drug-likeness (QED) is 0.211. The van der Waals surface area contributed by atoms with E-state index in [0.29, 0.717) is 11.7 Å². The summed E-state index contributed by atoms with van der Waals surface area (Å²) in [5, 5.41) is 11.9. The number of H-pyrrole nitrogens is 2. The zero-order valence-electron chi connectivity index (χ0n) is 19.3. The Morgan fingerprint density at radius 3 is 2.82 bits per heavy atom. The van der Waals surface area contributed by atoms with Crippen molar-refractivity contribution in [1.29, 1.82) is 0 Å². The van der Waals surface area contributed by atoms with E-state index >= 15 is 0 Å². The number of aromatic nitrogens is 6. The monoisotopic (exact) mass is 474 g/mol. The van der Waals surface area contributed by atoms with Crippen LogP contribution < -0.4 is 10.2 Å². The molecule has 0 bridgehead atoms. The maximum absolute atomic E-state index is 6.01. The van der Waals surface area contributed by atoms with Gasteiger partial charge in [-0.25, -0.2) is 9.97 Å². The number of imidazole rings is 1. The van der Waals surface area contributed by atoms with Crippen LogP contribution >= 0.6 is 11.6 Å². The topological polar surface area (TPSA) is 98.4 Å². The molecular weight excluding hydrogens is 448 g/mol. The number of fused-ring (bicyclic) bond motifs is 2. The molecule has 8 nitrogen and oxygen atoms in total. The molecule has 0 amide bonds. The molecule has 174 valence electrons. The zero-order valence-corrected chi connectivity index (χ0v) is 20.0. The van der Waals surface area contributed by atoms with Crippen molar-refractivity contribution < 1.29 is 0 Å². The van der Waals surface area contributed by atoms with Gasteiger partial charge in [0.1, 0.15) is 11.2 Å². The van der Waals surface area contributed by atoms with Crippen molar-refractivity contribution in [2.45, 2.75) is 18.7 Å². The predicted molar refractivity (Wildman–Crippen MR) is 138 cm³/mol. The highest BCUT2D eigenvalue weighted by atomic mass is 35.5. The van der Waals surface area contributed by atoms with Gasteiger partial charge in [-0.15, -0.1) is 11.6 Å². The average Bonchev–Trinajstić information content (AvgIpc) is 3.50. The van der Waals surface area contributed by atoms with E-state index in [1.54, 1.807) is 6.20 Å². The van der Waals surface area contributed by atoms with Crippen LogP contribution in [0.1, 0.15) is 18.4 Å². The number of unbranched alkanes of at least 4 members (excludes halogenated alkanes) is 1. The van der Waals surface area contributed by atoms with Gasteiger partial charge in [0.2, 0.25) is 0 Å². The van der Waals surface area contributed by atoms with Crippen LogP contribution in [-0.2, 0) is 5.88 Å². The first-order valence-electron chi connectivity index (χ1n) is 11.4. The molecule has 4 aromatic heterocycles. The number of benzene rings is 1. The summed E-state index contributed by atoms with van der Waals surface area (Å²) in [7, 11) is 4.04. The summed E-state index contributed by atoms with van der Waals surface area (Å²) in [6, 6.07) is 10.2. The van der Waals surface area contributed by atoms with Crippen LogP contribution in [0.2, 0.25) is 0 Å². The standard InChI is InChI=1S/C25H27ClN8/c1-27-8-3-4-10-34(2)25-23-21(7-9-29-25)30-24(31-23)22-19-12-17(5-6-20(19)32-33-22)18-11-16(13-26)14-28-15-18/h5-7,9,11-12,14-15,27H,3-4,8,10,13H2,1-2H3,(H,30,31)(H,32,33). The highest BCUT2D eigenvalue weighted by Crippen LogP contribution is 2.32. The van der Waals surface area contributed by atoms with Crippen molar-refractivity contribution in [2.75, 3.05) is 32.1 Å². The van der Waals surface area contributed by atoms with E-state index in [9.17, 15) is 0 Å². The number of rotatable bonds is 9. The van der Waals surface area contributed by atoms with E-state index in [-0.39, 0.29) is 0 Å². The van der Waals surface area contributed by atoms with Crippen LogP contribution in [0.25, 0.3) is 44.6 Å². The second-order valence-electron chi connectivity index (χ2n) is 8.40. The summed E-state index contributed by atoms with van der Waals surface area (Å²) >= 11 is 6.01. The Bertz CT molecular complexity index is 1420. The summed E-state index contributed by atoms with van der Waals surface area (Å²) in [5.41, 5.74) is 6.56. The minimum Gasteiger partial charge on any atom is -0.358 e. The van der Waals surface area contributed by atoms with Gasteiger partial charge in [0.05, 0.1) is 11.0 Å². The van der Waals surface area contributed by atoms with E-state index in [2.05, 4.69) is 60.6 Å². The third kappa shape index (κ3) is 4.34. The summed E-state index contributed by atoms with van der Waals surface area (Å²) in [5.74, 6) is 2.01. The van der Waals surface area contributed by atoms with E-state index in [4.69, 9.17) is 16.6 Å². The Kier molecular flexibility index (Phi) is 6.42. The van der Waals surface area contributed by atoms with Gasteiger partial charge in [-0.3, -0.25) is 10.1 Å². The van der Waals surface area contributed by atoms with Crippen molar-refractivity contribution in [1.82, 2.24) is 35.5 Å². The van der Waals surface area contributed by atoms with Crippen LogP contribution in [0.3, 0.4) is 0 Å². The molecule has 0 aliphatic heterocycles. The van der Waals surface area contributed by atoms with E-state index in [1.807, 2.05) is 31.6 Å². The molecular formula is C25H27ClN8. The number of alkyl halides is 1. The molecule has 1 aromatic carbocycles. The van der Waals surface area contributed by atoms with E-state index < -0.39 is 0 Å². The predicted octanol–water partition coefficient (Wildman–Crippen LogP) is 4.74. The lowest BCUT2D eigenvalue weighted by Gasteiger charge is -2.18. The van der Waals surface area contributed by atoms with Gasteiger partial charge in [0.15, 0.2) is 11.6 Å². The van der Waals surface area contributed by atoms with E-state index in [1.165, 1.54) is 0 Å². The molecule has 5 aromatic rings. The van der Waals surface area contributed by atoms with Crippen molar-refractivity contribution in [3.8, 4) is 22.6 Å². The van der Waals surface area contributed by atoms with Gasteiger partial charge in [0.25, 0.3) is 0 Å². The molecule has 0 fully saturated rings. The molecule has 0 saturated carbocycles. The van der Waals surface area contributed by atoms with E-state index in [0.717, 1.165) is 76.1 Å². The largest absolute Gasteiger partial charge is 0.358 e. The molecule has 0 aliphatic rings. The first-order valence-corrected chi connectivity index (χ1v) is 11.9. The number of pyridine rings is 2. The van der Waals surface area contributed by atoms with Gasteiger partial charge >= 0.3 is 0 Å². The Hall–Kier alpha value is -3.49. The zero-order chi connectivity index (χ0) is 23.5. The smallest absolute Gasteiger partial charge is 0.159 e. The van der Waals surface area contributed by atoms with Crippen molar-refractivity contribution in [3.05, 3.63) is 54.5 Å². The van der Waals surface area contributed by atoms with Crippen LogP contribution in [-0.4, -0.2) is 57.3 Å². The summed E-state index contributed by atoms with van der Waals surface area (Å²) < 4.78 is 0. The molecule has 9 heteroatoms. The van der Waals surface area contributed by atoms with Gasteiger partial charge in [-0.2, -0.15) is 5.10 Å². The van der Waals surface area contributed by atoms with Crippen LogP contribution in [0, 0.1) is 0 Å². The minimum absolute atomic E-state index is 0.430. The van der Waals surface area contributed by atoms with Gasteiger partial charge in [-0.05, 0) is 61.8 Å². The number of anilines is 1. The van der Waals surface area contributed by atoms with Crippen LogP contribution in [0.15, 0.2) is 48.9 Å². The molecule has 0 atom stereocenters. The number of hydrogen-bond donors (Lipinski definition) is 3. The summed E-state index contributed by atoms with van der Waals surface area (Å²) in [6.07, 6.45) is 7.66. The molecule has 0 radical (unpaired) electrons. The maximum atomic E-state index is 6.01. The number of aromatic amines is 2. The fourth-order valence-electron chi connectivity index (χ4n) is 4.16. The molecule has 0 aliphatic carbocycles. The maximum Gasteiger partial charge on any atom is 0.159 e. The Morgan fingerprint density at radius 2 is 1.97 bits per heavy atom. The third-order valence-electron chi connectivity index (χ3n) is 5.98. The number of nitrogens with one attached hydrogen (secondary N) is 3. The molecule has 34 heavy (non-hydrogen) atoms. The van der Waals surface area contributed by atoms with Gasteiger partial charge in [-0.1, -0.05) is 6.07 Å².